The molecule has 0 heterocycles. The van der Waals surface area contributed by atoms with Crippen molar-refractivity contribution in [1.29, 1.82) is 0 Å². The molecule has 0 spiro atoms. The number of fused-ring (bicyclic) bond motifs is 2. The van der Waals surface area contributed by atoms with Crippen LogP contribution in [0.1, 0.15) is 0 Å². The lowest BCUT2D eigenvalue weighted by Gasteiger charge is -2.29. The van der Waals surface area contributed by atoms with E-state index in [1.54, 1.807) is 0 Å². The molecule has 202 valence electrons. The molecule has 7 rings (SSSR count). The van der Waals surface area contributed by atoms with Crippen molar-refractivity contribution in [2.24, 2.45) is 0 Å². The first-order chi connectivity index (χ1) is 20.6. The van der Waals surface area contributed by atoms with Crippen LogP contribution in [-0.4, -0.2) is 12.6 Å². The zero-order chi connectivity index (χ0) is 28.6. The van der Waals surface area contributed by atoms with Crippen LogP contribution < -0.4 is 31.8 Å². The maximum atomic E-state index is 5.05. The zero-order valence-corrected chi connectivity index (χ0v) is 25.3. The van der Waals surface area contributed by atoms with E-state index in [2.05, 4.69) is 170 Å². The number of benzene rings is 7. The van der Waals surface area contributed by atoms with Crippen LogP contribution in [0.25, 0.3) is 21.5 Å². The Kier molecular flexibility index (Phi) is 6.84. The molecule has 42 heavy (non-hydrogen) atoms. The SMILES string of the molecule is C=P(c1ccccc1)(c1ccccc1)c1cccc2cc3c(P(=C)(c4ccccc4)c4ccccc4)cccc3cc12. The van der Waals surface area contributed by atoms with Gasteiger partial charge >= 0.3 is 0 Å². The van der Waals surface area contributed by atoms with Crippen molar-refractivity contribution in [3.05, 3.63) is 170 Å². The standard InChI is InChI=1S/C40H32P2/c1-41(33-19-7-3-8-20-33,34-21-9-4-10-22-34)39-27-15-17-31-30-38-32(29-37(31)39)18-16-28-40(38)42(2,35-23-11-5-12-24-35)36-25-13-6-14-26-36/h3-30H,1-2H2. The highest BCUT2D eigenvalue weighted by Gasteiger charge is 2.26. The van der Waals surface area contributed by atoms with Gasteiger partial charge in [0.2, 0.25) is 0 Å². The van der Waals surface area contributed by atoms with Gasteiger partial charge in [-0.2, -0.15) is 0 Å². The van der Waals surface area contributed by atoms with Gasteiger partial charge in [-0.3, -0.25) is 0 Å². The van der Waals surface area contributed by atoms with Crippen LogP contribution in [0.2, 0.25) is 0 Å². The quantitative estimate of drug-likeness (QED) is 0.143. The highest BCUT2D eigenvalue weighted by atomic mass is 31.2. The molecule has 0 fully saturated rings. The lowest BCUT2D eigenvalue weighted by atomic mass is 10.0. The van der Waals surface area contributed by atoms with E-state index in [0.29, 0.717) is 0 Å². The Morgan fingerprint density at radius 1 is 0.310 bits per heavy atom. The summed E-state index contributed by atoms with van der Waals surface area (Å²) in [6, 6.07) is 61.7. The van der Waals surface area contributed by atoms with Gasteiger partial charge in [0, 0.05) is 0 Å². The molecule has 7 aromatic rings. The Hall–Kier alpha value is -4.34. The molecule has 0 N–H and O–H groups in total. The minimum atomic E-state index is -2.15. The fourth-order valence-electron chi connectivity index (χ4n) is 6.27. The summed E-state index contributed by atoms with van der Waals surface area (Å²) in [5.41, 5.74) is 0. The molecule has 0 bridgehead atoms. The van der Waals surface area contributed by atoms with Gasteiger partial charge in [0.25, 0.3) is 0 Å². The minimum absolute atomic E-state index is 1.24. The first-order valence-electron chi connectivity index (χ1n) is 14.3. The normalized spacial score (nSPS) is 12.0. The number of hydrogen-bond acceptors (Lipinski definition) is 0. The first-order valence-corrected chi connectivity index (χ1v) is 18.2. The Balaban J connectivity index is 1.52. The molecular weight excluding hydrogens is 542 g/mol. The largest absolute Gasteiger partial charge is 0.0887 e. The first kappa shape index (κ1) is 26.6. The molecule has 0 aliphatic carbocycles. The van der Waals surface area contributed by atoms with Crippen LogP contribution in [0.15, 0.2) is 170 Å². The Morgan fingerprint density at radius 2 is 0.595 bits per heavy atom. The molecule has 0 aromatic heterocycles. The summed E-state index contributed by atoms with van der Waals surface area (Å²) in [4.78, 5) is 0. The molecule has 0 aliphatic heterocycles. The third kappa shape index (κ3) is 4.31. The highest BCUT2D eigenvalue weighted by Crippen LogP contribution is 2.46. The lowest BCUT2D eigenvalue weighted by Crippen LogP contribution is -2.26. The second kappa shape index (κ2) is 10.8. The fourth-order valence-corrected chi connectivity index (χ4v) is 12.6. The summed E-state index contributed by atoms with van der Waals surface area (Å²) in [7, 11) is 0. The van der Waals surface area contributed by atoms with Gasteiger partial charge in [-0.15, -0.1) is 0 Å². The summed E-state index contributed by atoms with van der Waals surface area (Å²) in [6.07, 6.45) is 10.1. The van der Waals surface area contributed by atoms with Gasteiger partial charge in [-0.05, 0) is 79.3 Å². The van der Waals surface area contributed by atoms with Crippen molar-refractivity contribution in [3.63, 3.8) is 0 Å². The van der Waals surface area contributed by atoms with Crippen molar-refractivity contribution < 1.29 is 0 Å². The van der Waals surface area contributed by atoms with Crippen molar-refractivity contribution in [1.82, 2.24) is 0 Å². The Labute approximate surface area is 248 Å². The van der Waals surface area contributed by atoms with E-state index < -0.39 is 13.8 Å². The van der Waals surface area contributed by atoms with Crippen LogP contribution in [0.5, 0.6) is 0 Å². The summed E-state index contributed by atoms with van der Waals surface area (Å²) in [5, 5.41) is 12.8. The van der Waals surface area contributed by atoms with Crippen LogP contribution in [-0.2, 0) is 0 Å². The Morgan fingerprint density at radius 3 is 0.881 bits per heavy atom. The topological polar surface area (TPSA) is 0 Å². The van der Waals surface area contributed by atoms with E-state index in [-0.39, 0.29) is 0 Å². The third-order valence-corrected chi connectivity index (χ3v) is 15.6. The summed E-state index contributed by atoms with van der Waals surface area (Å²) < 4.78 is 0. The molecule has 7 aromatic carbocycles. The average molecular weight is 575 g/mol. The van der Waals surface area contributed by atoms with E-state index in [1.165, 1.54) is 53.4 Å². The molecular formula is C40H32P2. The molecule has 0 saturated carbocycles. The summed E-state index contributed by atoms with van der Waals surface area (Å²) in [6.45, 7) is -4.29. The molecule has 0 unspecified atom stereocenters. The fraction of sp³-hybridized carbons (Fsp3) is 0. The van der Waals surface area contributed by atoms with Crippen LogP contribution in [0.4, 0.5) is 0 Å². The Bertz CT molecular complexity index is 1870. The van der Waals surface area contributed by atoms with Crippen molar-refractivity contribution in [2.75, 3.05) is 0 Å². The van der Waals surface area contributed by atoms with Gasteiger partial charge < -0.3 is 0 Å². The van der Waals surface area contributed by atoms with Crippen molar-refractivity contribution in [3.8, 4) is 0 Å². The smallest absolute Gasteiger partial charge is 0.00871 e. The molecule has 0 radical (unpaired) electrons. The predicted octanol–water partition coefficient (Wildman–Crippen LogP) is 7.44. The van der Waals surface area contributed by atoms with Gasteiger partial charge in [0.05, 0.1) is 0 Å². The second-order valence-corrected chi connectivity index (χ2v) is 17.1. The molecule has 0 atom stereocenters. The second-order valence-electron chi connectivity index (χ2n) is 10.8. The molecule has 0 saturated heterocycles. The van der Waals surface area contributed by atoms with Gasteiger partial charge in [0.15, 0.2) is 0 Å². The van der Waals surface area contributed by atoms with E-state index in [1.807, 2.05) is 0 Å². The molecule has 0 nitrogen and oxygen atoms in total. The maximum Gasteiger partial charge on any atom is -0.00871 e. The van der Waals surface area contributed by atoms with E-state index in [4.69, 9.17) is 12.6 Å². The van der Waals surface area contributed by atoms with E-state index >= 15 is 0 Å². The average Bonchev–Trinajstić information content (AvgIpc) is 3.07. The molecule has 0 aliphatic rings. The summed E-state index contributed by atoms with van der Waals surface area (Å²) in [5.74, 6) is 0. The van der Waals surface area contributed by atoms with E-state index in [0.717, 1.165) is 0 Å². The third-order valence-electron chi connectivity index (χ3n) is 8.44. The van der Waals surface area contributed by atoms with Crippen molar-refractivity contribution in [2.45, 2.75) is 0 Å². The maximum absolute atomic E-state index is 5.05. The van der Waals surface area contributed by atoms with Crippen LogP contribution in [0.3, 0.4) is 0 Å². The minimum Gasteiger partial charge on any atom is -0.0887 e. The van der Waals surface area contributed by atoms with E-state index in [9.17, 15) is 0 Å². The highest BCUT2D eigenvalue weighted by molar-refractivity contribution is 7.94. The molecule has 0 amide bonds. The lowest BCUT2D eigenvalue weighted by molar-refractivity contribution is 1.74. The monoisotopic (exact) mass is 574 g/mol. The number of hydrogen-bond donors (Lipinski definition) is 0. The van der Waals surface area contributed by atoms with Gasteiger partial charge in [-0.1, -0.05) is 170 Å². The zero-order valence-electron chi connectivity index (χ0n) is 23.5. The van der Waals surface area contributed by atoms with Crippen molar-refractivity contribution >= 4 is 79.7 Å². The number of rotatable bonds is 6. The van der Waals surface area contributed by atoms with Crippen LogP contribution >= 0.6 is 13.8 Å². The van der Waals surface area contributed by atoms with Gasteiger partial charge in [0.1, 0.15) is 0 Å². The van der Waals surface area contributed by atoms with Gasteiger partial charge in [-0.25, -0.2) is 0 Å². The molecule has 2 heteroatoms. The van der Waals surface area contributed by atoms with Crippen LogP contribution in [0, 0.1) is 0 Å². The predicted molar refractivity (Wildman–Crippen MR) is 193 cm³/mol. The summed E-state index contributed by atoms with van der Waals surface area (Å²) >= 11 is 0.